The van der Waals surface area contributed by atoms with E-state index < -0.39 is 15.8 Å². The summed E-state index contributed by atoms with van der Waals surface area (Å²) in [6, 6.07) is 11.1. The first-order valence-corrected chi connectivity index (χ1v) is 6.99. The Bertz CT molecular complexity index is 798. The first-order chi connectivity index (χ1) is 9.42. The number of halogens is 1. The van der Waals surface area contributed by atoms with Crippen LogP contribution in [0.15, 0.2) is 47.4 Å². The van der Waals surface area contributed by atoms with Gasteiger partial charge in [0.1, 0.15) is 5.82 Å². The Labute approximate surface area is 115 Å². The first-order valence-electron chi connectivity index (χ1n) is 5.50. The molecule has 0 aromatic heterocycles. The molecule has 0 spiro atoms. The molecule has 0 bridgehead atoms. The number of nitrogens with zero attached hydrogens (tertiary/aromatic N) is 1. The summed E-state index contributed by atoms with van der Waals surface area (Å²) in [7, 11) is -3.93. The Morgan fingerprint density at radius 1 is 1.20 bits per heavy atom. The fraction of sp³-hybridized carbons (Fsp3) is 0. The van der Waals surface area contributed by atoms with E-state index in [0.717, 1.165) is 6.07 Å². The molecule has 2 aromatic rings. The van der Waals surface area contributed by atoms with Crippen molar-refractivity contribution < 1.29 is 12.8 Å². The monoisotopic (exact) mass is 291 g/mol. The average molecular weight is 291 g/mol. The molecule has 0 aliphatic rings. The van der Waals surface area contributed by atoms with Crippen molar-refractivity contribution in [3.63, 3.8) is 0 Å². The van der Waals surface area contributed by atoms with Crippen LogP contribution in [0.5, 0.6) is 0 Å². The fourth-order valence-electron chi connectivity index (χ4n) is 1.54. The minimum absolute atomic E-state index is 0.129. The molecule has 2 rings (SSSR count). The van der Waals surface area contributed by atoms with Crippen molar-refractivity contribution in [3.8, 4) is 6.07 Å². The van der Waals surface area contributed by atoms with Gasteiger partial charge in [0.15, 0.2) is 0 Å². The van der Waals surface area contributed by atoms with E-state index >= 15 is 0 Å². The zero-order valence-corrected chi connectivity index (χ0v) is 11.0. The molecule has 0 atom stereocenters. The van der Waals surface area contributed by atoms with Crippen molar-refractivity contribution >= 4 is 21.4 Å². The number of nitrogens with one attached hydrogen (secondary N) is 1. The van der Waals surface area contributed by atoms with Crippen LogP contribution in [0.2, 0.25) is 0 Å². The lowest BCUT2D eigenvalue weighted by atomic mass is 10.2. The SMILES string of the molecule is N#Cc1cccc(NS(=O)(=O)c2ccc(N)c(F)c2)c1. The average Bonchev–Trinajstić information content (AvgIpc) is 2.41. The van der Waals surface area contributed by atoms with Crippen molar-refractivity contribution in [2.24, 2.45) is 0 Å². The topological polar surface area (TPSA) is 96.0 Å². The van der Waals surface area contributed by atoms with E-state index in [1.54, 1.807) is 12.1 Å². The van der Waals surface area contributed by atoms with E-state index in [4.69, 9.17) is 11.0 Å². The van der Waals surface area contributed by atoms with Crippen LogP contribution in [0, 0.1) is 17.1 Å². The van der Waals surface area contributed by atoms with Crippen LogP contribution in [-0.2, 0) is 10.0 Å². The number of nitrogen functional groups attached to an aromatic ring is 1. The molecule has 0 aliphatic heterocycles. The smallest absolute Gasteiger partial charge is 0.261 e. The summed E-state index contributed by atoms with van der Waals surface area (Å²) in [5, 5.41) is 8.75. The molecule has 0 fully saturated rings. The highest BCUT2D eigenvalue weighted by molar-refractivity contribution is 7.92. The molecule has 3 N–H and O–H groups in total. The number of sulfonamides is 1. The first kappa shape index (κ1) is 13.8. The summed E-state index contributed by atoms with van der Waals surface area (Å²) in [6.45, 7) is 0. The van der Waals surface area contributed by atoms with E-state index in [9.17, 15) is 12.8 Å². The zero-order chi connectivity index (χ0) is 14.8. The standard InChI is InChI=1S/C13H10FN3O2S/c14-12-7-11(4-5-13(12)16)20(18,19)17-10-3-1-2-9(6-10)8-15/h1-7,17H,16H2. The number of hydrogen-bond donors (Lipinski definition) is 2. The summed E-state index contributed by atoms with van der Waals surface area (Å²) in [6.07, 6.45) is 0. The van der Waals surface area contributed by atoms with Gasteiger partial charge in [0.2, 0.25) is 0 Å². The van der Waals surface area contributed by atoms with Crippen LogP contribution < -0.4 is 10.5 Å². The molecule has 5 nitrogen and oxygen atoms in total. The third-order valence-electron chi connectivity index (χ3n) is 2.53. The number of anilines is 2. The second-order valence-electron chi connectivity index (χ2n) is 3.98. The second-order valence-corrected chi connectivity index (χ2v) is 5.66. The predicted octanol–water partition coefficient (Wildman–Crippen LogP) is 2.08. The van der Waals surface area contributed by atoms with E-state index in [2.05, 4.69) is 4.72 Å². The molecule has 2 aromatic carbocycles. The van der Waals surface area contributed by atoms with Crippen LogP contribution in [0.4, 0.5) is 15.8 Å². The van der Waals surface area contributed by atoms with Crippen molar-refractivity contribution in [2.45, 2.75) is 4.90 Å². The van der Waals surface area contributed by atoms with Crippen LogP contribution in [0.3, 0.4) is 0 Å². The van der Waals surface area contributed by atoms with Gasteiger partial charge in [-0.3, -0.25) is 4.72 Å². The van der Waals surface area contributed by atoms with Gasteiger partial charge in [0.25, 0.3) is 10.0 Å². The Kier molecular flexibility index (Phi) is 3.59. The molecule has 0 heterocycles. The molecule has 0 unspecified atom stereocenters. The molecular weight excluding hydrogens is 281 g/mol. The molecule has 0 amide bonds. The highest BCUT2D eigenvalue weighted by atomic mass is 32.2. The lowest BCUT2D eigenvalue weighted by Crippen LogP contribution is -2.13. The van der Waals surface area contributed by atoms with E-state index in [0.29, 0.717) is 5.56 Å². The van der Waals surface area contributed by atoms with Crippen molar-refractivity contribution in [2.75, 3.05) is 10.5 Å². The summed E-state index contributed by atoms with van der Waals surface area (Å²) in [5.74, 6) is -0.807. The maximum atomic E-state index is 13.3. The van der Waals surface area contributed by atoms with Gasteiger partial charge in [-0.2, -0.15) is 5.26 Å². The van der Waals surface area contributed by atoms with Gasteiger partial charge in [-0.15, -0.1) is 0 Å². The van der Waals surface area contributed by atoms with Crippen molar-refractivity contribution in [3.05, 3.63) is 53.8 Å². The molecule has 20 heavy (non-hydrogen) atoms. The minimum Gasteiger partial charge on any atom is -0.396 e. The van der Waals surface area contributed by atoms with Gasteiger partial charge < -0.3 is 5.73 Å². The maximum absolute atomic E-state index is 13.3. The number of hydrogen-bond acceptors (Lipinski definition) is 4. The third-order valence-corrected chi connectivity index (χ3v) is 3.91. The van der Waals surface area contributed by atoms with E-state index in [-0.39, 0.29) is 16.3 Å². The molecule has 0 saturated carbocycles. The predicted molar refractivity (Wildman–Crippen MR) is 72.8 cm³/mol. The van der Waals surface area contributed by atoms with Crippen LogP contribution in [0.1, 0.15) is 5.56 Å². The Morgan fingerprint density at radius 3 is 2.60 bits per heavy atom. The van der Waals surface area contributed by atoms with Gasteiger partial charge in [-0.1, -0.05) is 6.07 Å². The van der Waals surface area contributed by atoms with Gasteiger partial charge >= 0.3 is 0 Å². The fourth-order valence-corrected chi connectivity index (χ4v) is 2.60. The van der Waals surface area contributed by atoms with Gasteiger partial charge in [0, 0.05) is 0 Å². The summed E-state index contributed by atoms with van der Waals surface area (Å²) < 4.78 is 39.7. The molecule has 0 radical (unpaired) electrons. The highest BCUT2D eigenvalue weighted by Gasteiger charge is 2.16. The molecular formula is C13H10FN3O2S. The van der Waals surface area contributed by atoms with E-state index in [1.807, 2.05) is 6.07 Å². The third kappa shape index (κ3) is 2.87. The lowest BCUT2D eigenvalue weighted by molar-refractivity contribution is 0.596. The molecule has 0 aliphatic carbocycles. The highest BCUT2D eigenvalue weighted by Crippen LogP contribution is 2.20. The largest absolute Gasteiger partial charge is 0.396 e. The van der Waals surface area contributed by atoms with Crippen LogP contribution >= 0.6 is 0 Å². The molecule has 102 valence electrons. The lowest BCUT2D eigenvalue weighted by Gasteiger charge is -2.08. The van der Waals surface area contributed by atoms with Crippen molar-refractivity contribution in [1.82, 2.24) is 0 Å². The molecule has 7 heteroatoms. The van der Waals surface area contributed by atoms with E-state index in [1.165, 1.54) is 24.3 Å². The van der Waals surface area contributed by atoms with Crippen LogP contribution in [-0.4, -0.2) is 8.42 Å². The van der Waals surface area contributed by atoms with Crippen molar-refractivity contribution in [1.29, 1.82) is 5.26 Å². The Hall–Kier alpha value is -2.59. The quantitative estimate of drug-likeness (QED) is 0.846. The van der Waals surface area contributed by atoms with Gasteiger partial charge in [-0.05, 0) is 36.4 Å². The second kappa shape index (κ2) is 5.19. The Morgan fingerprint density at radius 2 is 1.95 bits per heavy atom. The Balaban J connectivity index is 2.35. The number of benzene rings is 2. The van der Waals surface area contributed by atoms with Gasteiger partial charge in [-0.25, -0.2) is 12.8 Å². The minimum atomic E-state index is -3.93. The summed E-state index contributed by atoms with van der Waals surface area (Å²) >= 11 is 0. The summed E-state index contributed by atoms with van der Waals surface area (Å²) in [4.78, 5) is -0.244. The van der Waals surface area contributed by atoms with Gasteiger partial charge in [0.05, 0.1) is 27.9 Å². The zero-order valence-electron chi connectivity index (χ0n) is 10.2. The number of rotatable bonds is 3. The maximum Gasteiger partial charge on any atom is 0.261 e. The summed E-state index contributed by atoms with van der Waals surface area (Å²) in [5.41, 5.74) is 5.70. The molecule has 0 saturated heterocycles. The number of nitrogens with two attached hydrogens (primary N) is 1. The number of nitriles is 1. The van der Waals surface area contributed by atoms with Crippen LogP contribution in [0.25, 0.3) is 0 Å². The normalized spacial score (nSPS) is 10.8.